The lowest BCUT2D eigenvalue weighted by molar-refractivity contribution is -0.135. The number of nitrogens with zero attached hydrogens (tertiary/aromatic N) is 1. The molecule has 1 saturated carbocycles. The molecule has 4 nitrogen and oxygen atoms in total. The van der Waals surface area contributed by atoms with Gasteiger partial charge in [0.15, 0.2) is 18.1 Å². The molecule has 1 aromatic carbocycles. The maximum Gasteiger partial charge on any atom is 0.260 e. The highest BCUT2D eigenvalue weighted by atomic mass is 16.5. The number of hydrogen-bond donors (Lipinski definition) is 0. The van der Waals surface area contributed by atoms with E-state index >= 15 is 0 Å². The number of carbonyl (C=O) groups excluding carboxylic acids is 1. The Morgan fingerprint density at radius 1 is 1.41 bits per heavy atom. The molecule has 1 aliphatic rings. The van der Waals surface area contributed by atoms with Crippen LogP contribution < -0.4 is 9.47 Å². The van der Waals surface area contributed by atoms with Crippen LogP contribution in [0.5, 0.6) is 11.5 Å². The molecule has 0 unspecified atom stereocenters. The number of rotatable bonds is 8. The highest BCUT2D eigenvalue weighted by Gasteiger charge is 2.34. The average Bonchev–Trinajstić information content (AvgIpc) is 3.30. The minimum absolute atomic E-state index is 0.0368. The molecule has 4 heteroatoms. The summed E-state index contributed by atoms with van der Waals surface area (Å²) in [6.07, 6.45) is 4.82. The molecule has 2 rings (SSSR count). The summed E-state index contributed by atoms with van der Waals surface area (Å²) in [6, 6.07) is 6.34. The molecular weight excluding hydrogens is 278 g/mol. The van der Waals surface area contributed by atoms with E-state index in [2.05, 4.69) is 6.58 Å². The normalized spacial score (nSPS) is 13.8. The standard InChI is InChI=1S/C18H25NO3/c1-5-6-14-7-10-16(17(11-14)21-4)22-12-18(20)19(13(2)3)15-8-9-15/h5,7,10-11,13,15H,1,6,8-9,12H2,2-4H3. The number of ether oxygens (including phenoxy) is 2. The summed E-state index contributed by atoms with van der Waals surface area (Å²) < 4.78 is 11.0. The van der Waals surface area contributed by atoms with Gasteiger partial charge in [-0.15, -0.1) is 6.58 Å². The molecule has 1 aliphatic carbocycles. The molecule has 22 heavy (non-hydrogen) atoms. The largest absolute Gasteiger partial charge is 0.493 e. The van der Waals surface area contributed by atoms with E-state index in [1.54, 1.807) is 7.11 Å². The van der Waals surface area contributed by atoms with Crippen molar-refractivity contribution in [1.29, 1.82) is 0 Å². The van der Waals surface area contributed by atoms with E-state index in [0.717, 1.165) is 24.8 Å². The Hall–Kier alpha value is -1.97. The molecule has 1 aromatic rings. The van der Waals surface area contributed by atoms with E-state index in [9.17, 15) is 4.79 Å². The molecule has 0 saturated heterocycles. The second kappa shape index (κ2) is 7.34. The van der Waals surface area contributed by atoms with Gasteiger partial charge in [0.2, 0.25) is 0 Å². The number of allylic oxidation sites excluding steroid dienone is 1. The smallest absolute Gasteiger partial charge is 0.260 e. The molecule has 0 spiro atoms. The number of carbonyl (C=O) groups is 1. The molecular formula is C18H25NO3. The van der Waals surface area contributed by atoms with Gasteiger partial charge in [-0.3, -0.25) is 4.79 Å². The van der Waals surface area contributed by atoms with Crippen molar-refractivity contribution in [2.24, 2.45) is 0 Å². The van der Waals surface area contributed by atoms with Crippen LogP contribution in [-0.2, 0) is 11.2 Å². The van der Waals surface area contributed by atoms with Crippen LogP contribution in [0.15, 0.2) is 30.9 Å². The van der Waals surface area contributed by atoms with Crippen LogP contribution >= 0.6 is 0 Å². The van der Waals surface area contributed by atoms with Gasteiger partial charge in [-0.1, -0.05) is 12.1 Å². The summed E-state index contributed by atoms with van der Waals surface area (Å²) in [5, 5.41) is 0. The van der Waals surface area contributed by atoms with E-state index in [1.165, 1.54) is 0 Å². The fourth-order valence-corrected chi connectivity index (χ4v) is 2.60. The summed E-state index contributed by atoms with van der Waals surface area (Å²) >= 11 is 0. The van der Waals surface area contributed by atoms with Crippen molar-refractivity contribution in [1.82, 2.24) is 4.90 Å². The summed E-state index contributed by atoms with van der Waals surface area (Å²) in [6.45, 7) is 7.86. The van der Waals surface area contributed by atoms with Crippen molar-refractivity contribution in [2.45, 2.75) is 45.2 Å². The maximum atomic E-state index is 12.4. The van der Waals surface area contributed by atoms with Gasteiger partial charge in [-0.25, -0.2) is 0 Å². The molecule has 0 atom stereocenters. The lowest BCUT2D eigenvalue weighted by Gasteiger charge is -2.26. The summed E-state index contributed by atoms with van der Waals surface area (Å²) in [4.78, 5) is 14.3. The number of benzene rings is 1. The molecule has 0 bridgehead atoms. The van der Waals surface area contributed by atoms with Gasteiger partial charge in [-0.05, 0) is 50.8 Å². The Morgan fingerprint density at radius 2 is 2.14 bits per heavy atom. The maximum absolute atomic E-state index is 12.4. The van der Waals surface area contributed by atoms with Crippen molar-refractivity contribution < 1.29 is 14.3 Å². The van der Waals surface area contributed by atoms with Gasteiger partial charge in [-0.2, -0.15) is 0 Å². The van der Waals surface area contributed by atoms with Crippen molar-refractivity contribution in [2.75, 3.05) is 13.7 Å². The third kappa shape index (κ3) is 4.03. The van der Waals surface area contributed by atoms with Gasteiger partial charge in [0.05, 0.1) is 7.11 Å². The Morgan fingerprint density at radius 3 is 2.68 bits per heavy atom. The fourth-order valence-electron chi connectivity index (χ4n) is 2.60. The van der Waals surface area contributed by atoms with E-state index in [4.69, 9.17) is 9.47 Å². The zero-order valence-electron chi connectivity index (χ0n) is 13.7. The molecule has 0 aliphatic heterocycles. The first kappa shape index (κ1) is 16.4. The third-order valence-corrected chi connectivity index (χ3v) is 3.74. The van der Waals surface area contributed by atoms with Crippen LogP contribution in [0.4, 0.5) is 0 Å². The third-order valence-electron chi connectivity index (χ3n) is 3.74. The second-order valence-corrected chi connectivity index (χ2v) is 5.89. The lowest BCUT2D eigenvalue weighted by Crippen LogP contribution is -2.41. The first-order valence-electron chi connectivity index (χ1n) is 7.78. The van der Waals surface area contributed by atoms with Crippen molar-refractivity contribution in [3.63, 3.8) is 0 Å². The molecule has 0 heterocycles. The molecule has 120 valence electrons. The lowest BCUT2D eigenvalue weighted by atomic mass is 10.1. The number of hydrogen-bond acceptors (Lipinski definition) is 3. The van der Waals surface area contributed by atoms with Gasteiger partial charge < -0.3 is 14.4 Å². The van der Waals surface area contributed by atoms with Gasteiger partial charge in [0.25, 0.3) is 5.91 Å². The van der Waals surface area contributed by atoms with Crippen LogP contribution in [0.2, 0.25) is 0 Å². The van der Waals surface area contributed by atoms with E-state index < -0.39 is 0 Å². The summed E-state index contributed by atoms with van der Waals surface area (Å²) in [5.74, 6) is 1.28. The topological polar surface area (TPSA) is 38.8 Å². The molecule has 1 amide bonds. The zero-order chi connectivity index (χ0) is 16.1. The zero-order valence-corrected chi connectivity index (χ0v) is 13.7. The van der Waals surface area contributed by atoms with Crippen LogP contribution in [-0.4, -0.2) is 36.6 Å². The number of methoxy groups -OCH3 is 1. The fraction of sp³-hybridized carbons (Fsp3) is 0.500. The minimum Gasteiger partial charge on any atom is -0.493 e. The van der Waals surface area contributed by atoms with Gasteiger partial charge >= 0.3 is 0 Å². The molecule has 0 radical (unpaired) electrons. The highest BCUT2D eigenvalue weighted by Crippen LogP contribution is 2.30. The van der Waals surface area contributed by atoms with Gasteiger partial charge in [0, 0.05) is 12.1 Å². The minimum atomic E-state index is 0.0368. The van der Waals surface area contributed by atoms with Crippen LogP contribution in [0.3, 0.4) is 0 Å². The highest BCUT2D eigenvalue weighted by molar-refractivity contribution is 5.78. The average molecular weight is 303 g/mol. The van der Waals surface area contributed by atoms with Crippen LogP contribution in [0, 0.1) is 0 Å². The first-order chi connectivity index (χ1) is 10.6. The van der Waals surface area contributed by atoms with E-state index in [0.29, 0.717) is 17.5 Å². The van der Waals surface area contributed by atoms with Crippen molar-refractivity contribution in [3.8, 4) is 11.5 Å². The SMILES string of the molecule is C=CCc1ccc(OCC(=O)N(C(C)C)C2CC2)c(OC)c1. The number of amides is 1. The predicted molar refractivity (Wildman–Crippen MR) is 87.4 cm³/mol. The first-order valence-corrected chi connectivity index (χ1v) is 7.78. The van der Waals surface area contributed by atoms with Crippen molar-refractivity contribution in [3.05, 3.63) is 36.4 Å². The quantitative estimate of drug-likeness (QED) is 0.692. The van der Waals surface area contributed by atoms with E-state index in [1.807, 2.05) is 43.0 Å². The van der Waals surface area contributed by atoms with Crippen LogP contribution in [0.1, 0.15) is 32.3 Å². The van der Waals surface area contributed by atoms with Crippen molar-refractivity contribution >= 4 is 5.91 Å². The molecule has 0 N–H and O–H groups in total. The Kier molecular flexibility index (Phi) is 5.47. The Bertz CT molecular complexity index is 533. The van der Waals surface area contributed by atoms with E-state index in [-0.39, 0.29) is 18.6 Å². The van der Waals surface area contributed by atoms with Crippen LogP contribution in [0.25, 0.3) is 0 Å². The molecule has 1 fully saturated rings. The predicted octanol–water partition coefficient (Wildman–Crippen LogP) is 3.20. The van der Waals surface area contributed by atoms with Gasteiger partial charge in [0.1, 0.15) is 0 Å². The Balaban J connectivity index is 2.01. The molecule has 0 aromatic heterocycles. The summed E-state index contributed by atoms with van der Waals surface area (Å²) in [5.41, 5.74) is 1.10. The monoisotopic (exact) mass is 303 g/mol. The summed E-state index contributed by atoms with van der Waals surface area (Å²) in [7, 11) is 1.60. The second-order valence-electron chi connectivity index (χ2n) is 5.89. The Labute approximate surface area is 132 Å².